The number of carbonyl (C=O) groups is 2. The lowest BCUT2D eigenvalue weighted by atomic mass is 10.2. The normalized spacial score (nSPS) is 10.1. The highest BCUT2D eigenvalue weighted by Crippen LogP contribution is 1.96. The van der Waals surface area contributed by atoms with Crippen LogP contribution in [-0.4, -0.2) is 24.2 Å². The van der Waals surface area contributed by atoms with Crippen LogP contribution in [0.3, 0.4) is 0 Å². The van der Waals surface area contributed by atoms with Gasteiger partial charge >= 0.3 is 11.9 Å². The van der Waals surface area contributed by atoms with Crippen LogP contribution in [0, 0.1) is 0 Å². The monoisotopic (exact) mass is 172 g/mol. The van der Waals surface area contributed by atoms with Crippen molar-refractivity contribution in [1.29, 1.82) is 0 Å². The number of aliphatic carboxylic acids is 1. The second kappa shape index (κ2) is 6.39. The first kappa shape index (κ1) is 10.7. The number of carboxylic acid groups (broad SMARTS) is 1. The highest BCUT2D eigenvalue weighted by molar-refractivity contribution is 5.81. The Bertz CT molecular complexity index is 183. The van der Waals surface area contributed by atoms with Gasteiger partial charge in [0.1, 0.15) is 0 Å². The van der Waals surface area contributed by atoms with Crippen molar-refractivity contribution in [2.45, 2.75) is 19.3 Å². The molecule has 0 bridgehead atoms. The summed E-state index contributed by atoms with van der Waals surface area (Å²) in [6.45, 7) is 0. The van der Waals surface area contributed by atoms with Crippen LogP contribution in [0.1, 0.15) is 19.3 Å². The molecule has 0 aromatic rings. The summed E-state index contributed by atoms with van der Waals surface area (Å²) in [5.41, 5.74) is 0. The fraction of sp³-hybridized carbons (Fsp3) is 0.500. The van der Waals surface area contributed by atoms with E-state index in [4.69, 9.17) is 5.11 Å². The molecule has 0 saturated heterocycles. The second-order valence-corrected chi connectivity index (χ2v) is 2.21. The van der Waals surface area contributed by atoms with Crippen LogP contribution in [0.5, 0.6) is 0 Å². The van der Waals surface area contributed by atoms with Crippen LogP contribution < -0.4 is 0 Å². The van der Waals surface area contributed by atoms with Crippen molar-refractivity contribution in [3.8, 4) is 0 Å². The molecule has 0 radical (unpaired) electrons. The van der Waals surface area contributed by atoms with E-state index in [1.807, 2.05) is 0 Å². The maximum Gasteiger partial charge on any atom is 0.330 e. The van der Waals surface area contributed by atoms with Gasteiger partial charge in [0.2, 0.25) is 0 Å². The summed E-state index contributed by atoms with van der Waals surface area (Å²) in [5, 5.41) is 8.25. The maximum absolute atomic E-state index is 10.5. The van der Waals surface area contributed by atoms with Gasteiger partial charge < -0.3 is 9.84 Å². The molecular weight excluding hydrogens is 160 g/mol. The van der Waals surface area contributed by atoms with E-state index in [1.54, 1.807) is 6.08 Å². The molecule has 0 aromatic carbocycles. The van der Waals surface area contributed by atoms with E-state index in [2.05, 4.69) is 4.74 Å². The van der Waals surface area contributed by atoms with Crippen LogP contribution in [-0.2, 0) is 14.3 Å². The van der Waals surface area contributed by atoms with E-state index in [9.17, 15) is 9.59 Å². The predicted molar refractivity (Wildman–Crippen MR) is 42.6 cm³/mol. The third-order valence-electron chi connectivity index (χ3n) is 1.22. The van der Waals surface area contributed by atoms with E-state index in [-0.39, 0.29) is 6.42 Å². The van der Waals surface area contributed by atoms with E-state index < -0.39 is 11.9 Å². The molecule has 1 N–H and O–H groups in total. The topological polar surface area (TPSA) is 63.6 Å². The molecule has 12 heavy (non-hydrogen) atoms. The van der Waals surface area contributed by atoms with Gasteiger partial charge in [-0.2, -0.15) is 0 Å². The van der Waals surface area contributed by atoms with Gasteiger partial charge in [-0.1, -0.05) is 6.08 Å². The third kappa shape index (κ3) is 6.80. The van der Waals surface area contributed by atoms with Gasteiger partial charge in [-0.15, -0.1) is 0 Å². The zero-order valence-electron chi connectivity index (χ0n) is 6.95. The summed E-state index contributed by atoms with van der Waals surface area (Å²) >= 11 is 0. The standard InChI is InChI=1S/C8H12O4/c1-12-8(11)6-4-2-3-5-7(9)10/h4,6H,2-3,5H2,1H3,(H,9,10). The smallest absolute Gasteiger partial charge is 0.330 e. The van der Waals surface area contributed by atoms with Crippen molar-refractivity contribution >= 4 is 11.9 Å². The Balaban J connectivity index is 3.36. The van der Waals surface area contributed by atoms with E-state index in [0.717, 1.165) is 0 Å². The van der Waals surface area contributed by atoms with Crippen molar-refractivity contribution in [3.05, 3.63) is 12.2 Å². The molecule has 0 fully saturated rings. The Labute approximate surface area is 70.8 Å². The minimum absolute atomic E-state index is 0.130. The lowest BCUT2D eigenvalue weighted by Crippen LogP contribution is -1.94. The summed E-state index contributed by atoms with van der Waals surface area (Å²) < 4.78 is 4.34. The highest BCUT2D eigenvalue weighted by atomic mass is 16.5. The lowest BCUT2D eigenvalue weighted by Gasteiger charge is -1.90. The predicted octanol–water partition coefficient (Wildman–Crippen LogP) is 0.970. The minimum atomic E-state index is -0.818. The fourth-order valence-corrected chi connectivity index (χ4v) is 0.619. The summed E-state index contributed by atoms with van der Waals surface area (Å²) in [6.07, 6.45) is 4.16. The SMILES string of the molecule is COC(=O)C=CCCCC(=O)O. The Morgan fingerprint density at radius 3 is 2.67 bits per heavy atom. The molecule has 0 aliphatic heterocycles. The molecule has 4 nitrogen and oxygen atoms in total. The molecule has 0 rings (SSSR count). The molecule has 0 unspecified atom stereocenters. The van der Waals surface area contributed by atoms with Crippen molar-refractivity contribution in [2.75, 3.05) is 7.11 Å². The second-order valence-electron chi connectivity index (χ2n) is 2.21. The molecule has 0 spiro atoms. The number of rotatable bonds is 5. The number of unbranched alkanes of at least 4 members (excludes halogenated alkanes) is 1. The van der Waals surface area contributed by atoms with Crippen LogP contribution in [0.4, 0.5) is 0 Å². The molecule has 0 amide bonds. The Morgan fingerprint density at radius 1 is 1.50 bits per heavy atom. The number of esters is 1. The van der Waals surface area contributed by atoms with Crippen molar-refractivity contribution in [3.63, 3.8) is 0 Å². The zero-order chi connectivity index (χ0) is 9.40. The molecule has 4 heteroatoms. The Morgan fingerprint density at radius 2 is 2.17 bits per heavy atom. The largest absolute Gasteiger partial charge is 0.481 e. The minimum Gasteiger partial charge on any atom is -0.481 e. The van der Waals surface area contributed by atoms with Gasteiger partial charge in [0.25, 0.3) is 0 Å². The van der Waals surface area contributed by atoms with Crippen LogP contribution in [0.25, 0.3) is 0 Å². The fourth-order valence-electron chi connectivity index (χ4n) is 0.619. The van der Waals surface area contributed by atoms with E-state index in [1.165, 1.54) is 13.2 Å². The molecule has 0 aliphatic rings. The van der Waals surface area contributed by atoms with Gasteiger partial charge in [0.05, 0.1) is 7.11 Å². The summed E-state index contributed by atoms with van der Waals surface area (Å²) in [6, 6.07) is 0. The van der Waals surface area contributed by atoms with Crippen molar-refractivity contribution in [2.24, 2.45) is 0 Å². The average molecular weight is 172 g/mol. The third-order valence-corrected chi connectivity index (χ3v) is 1.22. The molecule has 0 heterocycles. The summed E-state index contributed by atoms with van der Waals surface area (Å²) in [5.74, 6) is -1.23. The number of carboxylic acids is 1. The van der Waals surface area contributed by atoms with Crippen molar-refractivity contribution < 1.29 is 19.4 Å². The quantitative estimate of drug-likeness (QED) is 0.381. The van der Waals surface area contributed by atoms with Gasteiger partial charge in [-0.05, 0) is 12.8 Å². The first-order valence-corrected chi connectivity index (χ1v) is 3.63. The first-order chi connectivity index (χ1) is 5.66. The average Bonchev–Trinajstić information content (AvgIpc) is 2.03. The number of methoxy groups -OCH3 is 1. The van der Waals surface area contributed by atoms with Crippen LogP contribution >= 0.6 is 0 Å². The highest BCUT2D eigenvalue weighted by Gasteiger charge is 1.94. The summed E-state index contributed by atoms with van der Waals surface area (Å²) in [4.78, 5) is 20.5. The maximum atomic E-state index is 10.5. The van der Waals surface area contributed by atoms with E-state index >= 15 is 0 Å². The Hall–Kier alpha value is -1.32. The van der Waals surface area contributed by atoms with Crippen molar-refractivity contribution in [1.82, 2.24) is 0 Å². The number of carbonyl (C=O) groups excluding carboxylic acids is 1. The van der Waals surface area contributed by atoms with Gasteiger partial charge in [-0.25, -0.2) is 4.79 Å². The van der Waals surface area contributed by atoms with Gasteiger partial charge in [-0.3, -0.25) is 4.79 Å². The van der Waals surface area contributed by atoms with Crippen LogP contribution in [0.15, 0.2) is 12.2 Å². The van der Waals surface area contributed by atoms with Gasteiger partial charge in [0.15, 0.2) is 0 Å². The molecule has 0 aromatic heterocycles. The number of ether oxygens (including phenoxy) is 1. The Kier molecular flexibility index (Phi) is 5.69. The number of allylic oxidation sites excluding steroid dienone is 1. The van der Waals surface area contributed by atoms with E-state index in [0.29, 0.717) is 12.8 Å². The lowest BCUT2D eigenvalue weighted by molar-refractivity contribution is -0.137. The van der Waals surface area contributed by atoms with Gasteiger partial charge in [0, 0.05) is 12.5 Å². The zero-order valence-corrected chi connectivity index (χ0v) is 6.95. The molecule has 0 atom stereocenters. The number of hydrogen-bond acceptors (Lipinski definition) is 3. The van der Waals surface area contributed by atoms with Crippen LogP contribution in [0.2, 0.25) is 0 Å². The molecule has 68 valence electrons. The summed E-state index contributed by atoms with van der Waals surface area (Å²) in [7, 11) is 1.30. The molecule has 0 saturated carbocycles. The molecular formula is C8H12O4. The number of hydrogen-bond donors (Lipinski definition) is 1. The first-order valence-electron chi connectivity index (χ1n) is 3.63. The molecule has 0 aliphatic carbocycles.